The number of hydrogen-bond acceptors (Lipinski definition) is 3. The molecule has 1 aromatic rings. The number of hydrogen-bond donors (Lipinski definition) is 1. The number of thiol groups is 1. The van der Waals surface area contributed by atoms with Crippen molar-refractivity contribution in [2.75, 3.05) is 36.2 Å². The van der Waals surface area contributed by atoms with E-state index in [4.69, 9.17) is 0 Å². The van der Waals surface area contributed by atoms with Gasteiger partial charge in [0.25, 0.3) is 0 Å². The molecule has 0 radical (unpaired) electrons. The minimum absolute atomic E-state index is 0.176. The Kier molecular flexibility index (Phi) is 3.62. The van der Waals surface area contributed by atoms with Crippen molar-refractivity contribution in [1.29, 1.82) is 0 Å². The molecular formula is C13H18N2OS. The Balaban J connectivity index is 2.18. The van der Waals surface area contributed by atoms with Crippen LogP contribution in [0.3, 0.4) is 0 Å². The molecule has 0 aliphatic carbocycles. The molecule has 0 unspecified atom stereocenters. The van der Waals surface area contributed by atoms with Crippen LogP contribution >= 0.6 is 12.6 Å². The summed E-state index contributed by atoms with van der Waals surface area (Å²) < 4.78 is 0. The van der Waals surface area contributed by atoms with E-state index in [-0.39, 0.29) is 5.91 Å². The fourth-order valence-electron chi connectivity index (χ4n) is 2.13. The molecule has 0 saturated carbocycles. The minimum atomic E-state index is 0.176. The zero-order valence-corrected chi connectivity index (χ0v) is 11.2. The molecular weight excluding hydrogens is 232 g/mol. The Labute approximate surface area is 108 Å². The molecule has 2 rings (SSSR count). The maximum Gasteiger partial charge on any atom is 0.231 e. The smallest absolute Gasteiger partial charge is 0.231 e. The lowest BCUT2D eigenvalue weighted by Crippen LogP contribution is -2.20. The van der Waals surface area contributed by atoms with E-state index in [0.29, 0.717) is 6.42 Å². The summed E-state index contributed by atoms with van der Waals surface area (Å²) in [6, 6.07) is 6.23. The maximum absolute atomic E-state index is 11.6. The number of fused-ring (bicyclic) bond motifs is 1. The lowest BCUT2D eigenvalue weighted by molar-refractivity contribution is -0.117. The number of rotatable bonds is 4. The highest BCUT2D eigenvalue weighted by Gasteiger charge is 2.24. The van der Waals surface area contributed by atoms with Crippen molar-refractivity contribution in [3.8, 4) is 0 Å². The molecule has 17 heavy (non-hydrogen) atoms. The minimum Gasteiger partial charge on any atom is -0.375 e. The van der Waals surface area contributed by atoms with Crippen LogP contribution in [0.5, 0.6) is 0 Å². The second-order valence-electron chi connectivity index (χ2n) is 4.44. The molecule has 0 atom stereocenters. The zero-order chi connectivity index (χ0) is 12.4. The Hall–Kier alpha value is -1.16. The highest BCUT2D eigenvalue weighted by Crippen LogP contribution is 2.30. The third-order valence-electron chi connectivity index (χ3n) is 3.23. The van der Waals surface area contributed by atoms with Crippen molar-refractivity contribution >= 4 is 29.9 Å². The summed E-state index contributed by atoms with van der Waals surface area (Å²) in [4.78, 5) is 15.5. The van der Waals surface area contributed by atoms with E-state index < -0.39 is 0 Å². The summed E-state index contributed by atoms with van der Waals surface area (Å²) in [6.07, 6.45) is 1.59. The van der Waals surface area contributed by atoms with E-state index in [0.717, 1.165) is 30.0 Å². The first kappa shape index (κ1) is 12.3. The first-order chi connectivity index (χ1) is 8.13. The lowest BCUT2D eigenvalue weighted by Gasteiger charge is -2.20. The highest BCUT2D eigenvalue weighted by atomic mass is 32.1. The van der Waals surface area contributed by atoms with Gasteiger partial charge < -0.3 is 9.80 Å². The average Bonchev–Trinajstić information content (AvgIpc) is 2.61. The Morgan fingerprint density at radius 2 is 2.24 bits per heavy atom. The first-order valence-electron chi connectivity index (χ1n) is 5.85. The van der Waals surface area contributed by atoms with Crippen LogP contribution in [0.2, 0.25) is 0 Å². The van der Waals surface area contributed by atoms with E-state index in [1.54, 1.807) is 4.90 Å². The molecule has 0 spiro atoms. The maximum atomic E-state index is 11.6. The van der Waals surface area contributed by atoms with Crippen molar-refractivity contribution in [2.24, 2.45) is 0 Å². The van der Waals surface area contributed by atoms with E-state index >= 15 is 0 Å². The quantitative estimate of drug-likeness (QED) is 0.826. The predicted octanol–water partition coefficient (Wildman–Crippen LogP) is 1.96. The molecule has 92 valence electrons. The van der Waals surface area contributed by atoms with Gasteiger partial charge in [-0.05, 0) is 35.9 Å². The number of anilines is 2. The molecule has 0 fully saturated rings. The van der Waals surface area contributed by atoms with Gasteiger partial charge in [-0.3, -0.25) is 4.79 Å². The van der Waals surface area contributed by atoms with Gasteiger partial charge in [-0.25, -0.2) is 0 Å². The van der Waals surface area contributed by atoms with Gasteiger partial charge >= 0.3 is 0 Å². The molecule has 1 aromatic carbocycles. The zero-order valence-electron chi connectivity index (χ0n) is 10.3. The van der Waals surface area contributed by atoms with Crippen LogP contribution in [-0.2, 0) is 11.2 Å². The standard InChI is InChI=1S/C13H18N2OS/c1-14(6-3-7-17)11-4-5-12-10(8-11)9-13(16)15(12)2/h4-5,8,17H,3,6-7,9H2,1-2H3. The second kappa shape index (κ2) is 5.00. The molecule has 3 nitrogen and oxygen atoms in total. The molecule has 1 heterocycles. The Morgan fingerprint density at radius 3 is 2.94 bits per heavy atom. The van der Waals surface area contributed by atoms with E-state index in [1.807, 2.05) is 13.1 Å². The van der Waals surface area contributed by atoms with Gasteiger partial charge in [-0.15, -0.1) is 0 Å². The van der Waals surface area contributed by atoms with Gasteiger partial charge in [0, 0.05) is 32.0 Å². The molecule has 1 aliphatic heterocycles. The first-order valence-corrected chi connectivity index (χ1v) is 6.48. The summed E-state index contributed by atoms with van der Waals surface area (Å²) in [7, 11) is 3.91. The predicted molar refractivity (Wildman–Crippen MR) is 75.3 cm³/mol. The van der Waals surface area contributed by atoms with Crippen molar-refractivity contribution in [3.05, 3.63) is 23.8 Å². The molecule has 1 aliphatic rings. The number of carbonyl (C=O) groups is 1. The average molecular weight is 250 g/mol. The van der Waals surface area contributed by atoms with Crippen molar-refractivity contribution < 1.29 is 4.79 Å². The van der Waals surface area contributed by atoms with Gasteiger partial charge in [0.1, 0.15) is 0 Å². The van der Waals surface area contributed by atoms with E-state index in [1.165, 1.54) is 5.69 Å². The summed E-state index contributed by atoms with van der Waals surface area (Å²) >= 11 is 4.22. The van der Waals surface area contributed by atoms with Crippen LogP contribution in [-0.4, -0.2) is 32.3 Å². The van der Waals surface area contributed by atoms with Gasteiger partial charge in [0.2, 0.25) is 5.91 Å². The van der Waals surface area contributed by atoms with Gasteiger partial charge in [0.05, 0.1) is 6.42 Å². The monoisotopic (exact) mass is 250 g/mol. The number of nitrogens with zero attached hydrogens (tertiary/aromatic N) is 2. The summed E-state index contributed by atoms with van der Waals surface area (Å²) in [6.45, 7) is 0.992. The molecule has 4 heteroatoms. The van der Waals surface area contributed by atoms with Crippen molar-refractivity contribution in [1.82, 2.24) is 0 Å². The third kappa shape index (κ3) is 2.41. The highest BCUT2D eigenvalue weighted by molar-refractivity contribution is 7.80. The number of amides is 1. The van der Waals surface area contributed by atoms with Gasteiger partial charge in [-0.1, -0.05) is 0 Å². The topological polar surface area (TPSA) is 23.6 Å². The summed E-state index contributed by atoms with van der Waals surface area (Å²) in [5, 5.41) is 0. The van der Waals surface area contributed by atoms with Crippen molar-refractivity contribution in [3.63, 3.8) is 0 Å². The van der Waals surface area contributed by atoms with Crippen LogP contribution in [0.25, 0.3) is 0 Å². The second-order valence-corrected chi connectivity index (χ2v) is 4.89. The summed E-state index contributed by atoms with van der Waals surface area (Å²) in [5.41, 5.74) is 3.35. The Morgan fingerprint density at radius 1 is 1.47 bits per heavy atom. The summed E-state index contributed by atoms with van der Waals surface area (Å²) in [5.74, 6) is 1.08. The van der Waals surface area contributed by atoms with Gasteiger partial charge in [0.15, 0.2) is 0 Å². The number of carbonyl (C=O) groups excluding carboxylic acids is 1. The lowest BCUT2D eigenvalue weighted by atomic mass is 10.1. The molecule has 1 amide bonds. The van der Waals surface area contributed by atoms with E-state index in [2.05, 4.69) is 36.7 Å². The molecule has 0 aromatic heterocycles. The van der Waals surface area contributed by atoms with Gasteiger partial charge in [-0.2, -0.15) is 12.6 Å². The fourth-order valence-corrected chi connectivity index (χ4v) is 2.27. The van der Waals surface area contributed by atoms with E-state index in [9.17, 15) is 4.79 Å². The van der Waals surface area contributed by atoms with Crippen LogP contribution in [0.1, 0.15) is 12.0 Å². The number of likely N-dealkylation sites (N-methyl/N-ethyl adjacent to an activating group) is 1. The SMILES string of the molecule is CN(CCCS)c1ccc2c(c1)CC(=O)N2C. The molecule has 0 saturated heterocycles. The fraction of sp³-hybridized carbons (Fsp3) is 0.462. The van der Waals surface area contributed by atoms with Crippen LogP contribution in [0, 0.1) is 0 Å². The van der Waals surface area contributed by atoms with Crippen LogP contribution in [0.15, 0.2) is 18.2 Å². The molecule has 0 bridgehead atoms. The largest absolute Gasteiger partial charge is 0.375 e. The van der Waals surface area contributed by atoms with Crippen LogP contribution in [0.4, 0.5) is 11.4 Å². The number of benzene rings is 1. The normalized spacial score (nSPS) is 14.1. The Bertz CT molecular complexity index is 433. The van der Waals surface area contributed by atoms with Crippen LogP contribution < -0.4 is 9.80 Å². The third-order valence-corrected chi connectivity index (χ3v) is 3.55. The van der Waals surface area contributed by atoms with Crippen molar-refractivity contribution in [2.45, 2.75) is 12.8 Å². The molecule has 0 N–H and O–H groups in total.